The molecule has 2 heterocycles. The number of morpholine rings is 1. The summed E-state index contributed by atoms with van der Waals surface area (Å²) in [6, 6.07) is 16.2. The quantitative estimate of drug-likeness (QED) is 0.823. The first-order valence-corrected chi connectivity index (χ1v) is 10.0. The molecule has 26 heavy (non-hydrogen) atoms. The number of fused-ring (bicyclic) bond motifs is 1. The molecule has 1 fully saturated rings. The van der Waals surface area contributed by atoms with Crippen molar-refractivity contribution in [1.29, 1.82) is 0 Å². The van der Waals surface area contributed by atoms with Gasteiger partial charge in [0.05, 0.1) is 13.2 Å². The number of nitrogens with zero attached hydrogens (tertiary/aromatic N) is 2. The van der Waals surface area contributed by atoms with Gasteiger partial charge in [0.15, 0.2) is 0 Å². The molecule has 2 aromatic rings. The molecule has 0 aliphatic carbocycles. The average molecular weight is 351 g/mol. The summed E-state index contributed by atoms with van der Waals surface area (Å²) >= 11 is 0. The molecule has 2 aliphatic rings. The predicted molar refractivity (Wildman–Crippen MR) is 108 cm³/mol. The number of ether oxygens (including phenoxy) is 1. The van der Waals surface area contributed by atoms with Crippen molar-refractivity contribution < 1.29 is 4.74 Å². The monoisotopic (exact) mass is 350 g/mol. The van der Waals surface area contributed by atoms with Crippen LogP contribution in [0, 0.1) is 6.92 Å². The summed E-state index contributed by atoms with van der Waals surface area (Å²) in [6.45, 7) is 9.23. The van der Waals surface area contributed by atoms with Gasteiger partial charge in [0.25, 0.3) is 0 Å². The number of rotatable bonds is 4. The summed E-state index contributed by atoms with van der Waals surface area (Å²) in [5.74, 6) is 0. The summed E-state index contributed by atoms with van der Waals surface area (Å²) in [7, 11) is 0. The Hall–Kier alpha value is -1.84. The van der Waals surface area contributed by atoms with Crippen molar-refractivity contribution in [1.82, 2.24) is 4.90 Å². The van der Waals surface area contributed by atoms with Gasteiger partial charge in [-0.1, -0.05) is 36.4 Å². The highest BCUT2D eigenvalue weighted by Crippen LogP contribution is 2.29. The molecular formula is C23H30N2O. The Morgan fingerprint density at radius 3 is 2.35 bits per heavy atom. The number of anilines is 1. The number of hydrogen-bond donors (Lipinski definition) is 0. The second kappa shape index (κ2) is 8.24. The highest BCUT2D eigenvalue weighted by atomic mass is 16.5. The zero-order chi connectivity index (χ0) is 17.8. The van der Waals surface area contributed by atoms with Gasteiger partial charge in [-0.05, 0) is 54.5 Å². The van der Waals surface area contributed by atoms with Crippen LogP contribution >= 0.6 is 0 Å². The molecule has 3 nitrogen and oxygen atoms in total. The van der Waals surface area contributed by atoms with Gasteiger partial charge in [-0.25, -0.2) is 0 Å². The molecule has 138 valence electrons. The van der Waals surface area contributed by atoms with Crippen LogP contribution in [0.15, 0.2) is 42.5 Å². The van der Waals surface area contributed by atoms with E-state index in [1.165, 1.54) is 47.2 Å². The highest BCUT2D eigenvalue weighted by Gasteiger charge is 2.16. The molecule has 3 heteroatoms. The Labute approximate surface area is 157 Å². The molecule has 0 amide bonds. The van der Waals surface area contributed by atoms with Crippen LogP contribution in [0.5, 0.6) is 0 Å². The lowest BCUT2D eigenvalue weighted by Gasteiger charge is -2.27. The maximum absolute atomic E-state index is 5.44. The van der Waals surface area contributed by atoms with Crippen LogP contribution < -0.4 is 4.90 Å². The van der Waals surface area contributed by atoms with E-state index in [4.69, 9.17) is 4.74 Å². The lowest BCUT2D eigenvalue weighted by Crippen LogP contribution is -2.35. The SMILES string of the molecule is Cc1ccc2c(c1)N(Cc1ccc(CN3CCOCC3)cc1)CCCC2. The fourth-order valence-corrected chi connectivity index (χ4v) is 4.07. The molecule has 0 saturated carbocycles. The second-order valence-electron chi connectivity index (χ2n) is 7.72. The topological polar surface area (TPSA) is 15.7 Å². The lowest BCUT2D eigenvalue weighted by atomic mass is 10.0. The smallest absolute Gasteiger partial charge is 0.0594 e. The fourth-order valence-electron chi connectivity index (χ4n) is 4.07. The van der Waals surface area contributed by atoms with E-state index in [0.717, 1.165) is 45.9 Å². The molecule has 0 aromatic heterocycles. The first-order chi connectivity index (χ1) is 12.8. The van der Waals surface area contributed by atoms with Gasteiger partial charge in [-0.2, -0.15) is 0 Å². The third kappa shape index (κ3) is 4.28. The molecular weight excluding hydrogens is 320 g/mol. The van der Waals surface area contributed by atoms with E-state index in [9.17, 15) is 0 Å². The Bertz CT molecular complexity index is 719. The second-order valence-corrected chi connectivity index (χ2v) is 7.72. The van der Waals surface area contributed by atoms with Crippen LogP contribution in [0.4, 0.5) is 5.69 Å². The Kier molecular flexibility index (Phi) is 5.57. The zero-order valence-electron chi connectivity index (χ0n) is 15.9. The molecule has 0 bridgehead atoms. The largest absolute Gasteiger partial charge is 0.379 e. The molecule has 0 atom stereocenters. The molecule has 1 saturated heterocycles. The fraction of sp³-hybridized carbons (Fsp3) is 0.478. The standard InChI is InChI=1S/C23H30N2O/c1-19-5-10-22-4-2-3-11-25(23(22)16-19)18-21-8-6-20(7-9-21)17-24-12-14-26-15-13-24/h5-10,16H,2-4,11-15,17-18H2,1H3. The summed E-state index contributed by atoms with van der Waals surface area (Å²) in [6.07, 6.45) is 3.79. The number of benzene rings is 2. The maximum Gasteiger partial charge on any atom is 0.0594 e. The summed E-state index contributed by atoms with van der Waals surface area (Å²) < 4.78 is 5.44. The van der Waals surface area contributed by atoms with Crippen LogP contribution in [0.3, 0.4) is 0 Å². The van der Waals surface area contributed by atoms with Gasteiger partial charge >= 0.3 is 0 Å². The molecule has 0 spiro atoms. The third-order valence-electron chi connectivity index (χ3n) is 5.61. The molecule has 4 rings (SSSR count). The van der Waals surface area contributed by atoms with Crippen molar-refractivity contribution in [3.63, 3.8) is 0 Å². The molecule has 0 unspecified atom stereocenters. The van der Waals surface area contributed by atoms with Crippen LogP contribution in [0.1, 0.15) is 35.1 Å². The Balaban J connectivity index is 1.44. The van der Waals surface area contributed by atoms with Crippen molar-refractivity contribution in [2.45, 2.75) is 39.3 Å². The minimum absolute atomic E-state index is 0.867. The first-order valence-electron chi connectivity index (χ1n) is 10.0. The Morgan fingerprint density at radius 2 is 1.58 bits per heavy atom. The molecule has 0 N–H and O–H groups in total. The van der Waals surface area contributed by atoms with Crippen molar-refractivity contribution in [3.05, 3.63) is 64.7 Å². The van der Waals surface area contributed by atoms with Gasteiger partial charge in [0, 0.05) is 38.4 Å². The van der Waals surface area contributed by atoms with E-state index in [1.807, 2.05) is 0 Å². The molecule has 2 aliphatic heterocycles. The van der Waals surface area contributed by atoms with Crippen LogP contribution in [-0.4, -0.2) is 37.7 Å². The maximum atomic E-state index is 5.44. The Morgan fingerprint density at radius 1 is 0.846 bits per heavy atom. The van der Waals surface area contributed by atoms with Crippen molar-refractivity contribution in [3.8, 4) is 0 Å². The molecule has 0 radical (unpaired) electrons. The van der Waals surface area contributed by atoms with E-state index in [0.29, 0.717) is 0 Å². The number of hydrogen-bond acceptors (Lipinski definition) is 3. The van der Waals surface area contributed by atoms with Gasteiger partial charge in [-0.15, -0.1) is 0 Å². The number of aryl methyl sites for hydroxylation is 2. The van der Waals surface area contributed by atoms with Crippen LogP contribution in [0.25, 0.3) is 0 Å². The van der Waals surface area contributed by atoms with Crippen molar-refractivity contribution in [2.75, 3.05) is 37.7 Å². The van der Waals surface area contributed by atoms with E-state index in [-0.39, 0.29) is 0 Å². The summed E-state index contributed by atoms with van der Waals surface area (Å²) in [4.78, 5) is 5.05. The van der Waals surface area contributed by atoms with Gasteiger partial charge < -0.3 is 9.64 Å². The lowest BCUT2D eigenvalue weighted by molar-refractivity contribution is 0.0342. The summed E-state index contributed by atoms with van der Waals surface area (Å²) in [5.41, 5.74) is 7.13. The minimum atomic E-state index is 0.867. The normalized spacial score (nSPS) is 18.4. The molecule has 2 aromatic carbocycles. The highest BCUT2D eigenvalue weighted by molar-refractivity contribution is 5.56. The first kappa shape index (κ1) is 17.6. The van der Waals surface area contributed by atoms with E-state index in [2.05, 4.69) is 59.2 Å². The van der Waals surface area contributed by atoms with E-state index >= 15 is 0 Å². The van der Waals surface area contributed by atoms with Gasteiger partial charge in [0.1, 0.15) is 0 Å². The predicted octanol–water partition coefficient (Wildman–Crippen LogP) is 4.17. The van der Waals surface area contributed by atoms with Crippen molar-refractivity contribution in [2.24, 2.45) is 0 Å². The van der Waals surface area contributed by atoms with Gasteiger partial charge in [0.2, 0.25) is 0 Å². The van der Waals surface area contributed by atoms with Crippen LogP contribution in [0.2, 0.25) is 0 Å². The van der Waals surface area contributed by atoms with E-state index in [1.54, 1.807) is 0 Å². The minimum Gasteiger partial charge on any atom is -0.379 e. The van der Waals surface area contributed by atoms with Crippen molar-refractivity contribution >= 4 is 5.69 Å². The zero-order valence-corrected chi connectivity index (χ0v) is 15.9. The third-order valence-corrected chi connectivity index (χ3v) is 5.61. The average Bonchev–Trinajstić information content (AvgIpc) is 2.86. The van der Waals surface area contributed by atoms with Gasteiger partial charge in [-0.3, -0.25) is 4.90 Å². The summed E-state index contributed by atoms with van der Waals surface area (Å²) in [5, 5.41) is 0. The van der Waals surface area contributed by atoms with E-state index < -0.39 is 0 Å². The van der Waals surface area contributed by atoms with Crippen LogP contribution in [-0.2, 0) is 24.2 Å².